The number of nitrogens with one attached hydrogen (secondary N) is 2. The zero-order valence-electron chi connectivity index (χ0n) is 14.9. The molecule has 0 unspecified atom stereocenters. The number of benzene rings is 2. The van der Waals surface area contributed by atoms with Gasteiger partial charge < -0.3 is 10.1 Å². The lowest BCUT2D eigenvalue weighted by molar-refractivity contribution is -0.118. The number of aryl methyl sites for hydroxylation is 1. The highest BCUT2D eigenvalue weighted by atomic mass is 35.5. The summed E-state index contributed by atoms with van der Waals surface area (Å²) in [5, 5.41) is 3.40. The average Bonchev–Trinajstić information content (AvgIpc) is 2.61. The van der Waals surface area contributed by atoms with Gasteiger partial charge in [-0.15, -0.1) is 0 Å². The molecule has 2 aromatic carbocycles. The first-order valence-electron chi connectivity index (χ1n) is 8.21. The van der Waals surface area contributed by atoms with Crippen molar-refractivity contribution in [1.82, 2.24) is 4.72 Å². The number of anilines is 1. The van der Waals surface area contributed by atoms with Crippen LogP contribution in [0.4, 0.5) is 5.69 Å². The summed E-state index contributed by atoms with van der Waals surface area (Å²) >= 11 is 12.0. The minimum absolute atomic E-state index is 0.0366. The molecule has 146 valence electrons. The number of carbonyl (C=O) groups excluding carboxylic acids is 1. The van der Waals surface area contributed by atoms with Crippen molar-refractivity contribution < 1.29 is 17.9 Å². The highest BCUT2D eigenvalue weighted by molar-refractivity contribution is 7.89. The maximum absolute atomic E-state index is 12.1. The largest absolute Gasteiger partial charge is 0.482 e. The topological polar surface area (TPSA) is 84.5 Å². The molecule has 0 heterocycles. The molecule has 0 bridgehead atoms. The van der Waals surface area contributed by atoms with E-state index < -0.39 is 10.0 Å². The predicted molar refractivity (Wildman–Crippen MR) is 107 cm³/mol. The van der Waals surface area contributed by atoms with Crippen molar-refractivity contribution in [3.63, 3.8) is 0 Å². The number of hydrogen-bond acceptors (Lipinski definition) is 4. The van der Waals surface area contributed by atoms with Gasteiger partial charge in [0.05, 0.1) is 9.92 Å². The van der Waals surface area contributed by atoms with Crippen molar-refractivity contribution in [2.24, 2.45) is 0 Å². The molecule has 6 nitrogen and oxygen atoms in total. The molecule has 0 aliphatic carbocycles. The number of ether oxygens (including phenoxy) is 1. The first kappa shape index (κ1) is 21.5. The Labute approximate surface area is 168 Å². The van der Waals surface area contributed by atoms with Crippen molar-refractivity contribution in [1.29, 1.82) is 0 Å². The van der Waals surface area contributed by atoms with Crippen molar-refractivity contribution >= 4 is 44.8 Å². The van der Waals surface area contributed by atoms with E-state index in [1.165, 1.54) is 18.2 Å². The minimum atomic E-state index is -3.62. The number of halogens is 2. The van der Waals surface area contributed by atoms with Crippen LogP contribution in [0.3, 0.4) is 0 Å². The fourth-order valence-corrected chi connectivity index (χ4v) is 3.87. The summed E-state index contributed by atoms with van der Waals surface area (Å²) in [7, 11) is -3.62. The Morgan fingerprint density at radius 3 is 2.52 bits per heavy atom. The van der Waals surface area contributed by atoms with Gasteiger partial charge in [-0.2, -0.15) is 0 Å². The molecule has 2 N–H and O–H groups in total. The van der Waals surface area contributed by atoms with Gasteiger partial charge in [0.2, 0.25) is 10.0 Å². The Bertz CT molecular complexity index is 933. The van der Waals surface area contributed by atoms with Crippen molar-refractivity contribution in [2.45, 2.75) is 25.2 Å². The van der Waals surface area contributed by atoms with Crippen LogP contribution in [0.5, 0.6) is 5.75 Å². The zero-order valence-corrected chi connectivity index (χ0v) is 17.2. The third-order valence-corrected chi connectivity index (χ3v) is 5.57. The third kappa shape index (κ3) is 6.10. The lowest BCUT2D eigenvalue weighted by Crippen LogP contribution is -2.24. The number of amides is 1. The minimum Gasteiger partial charge on any atom is -0.482 e. The average molecular weight is 431 g/mol. The van der Waals surface area contributed by atoms with Gasteiger partial charge in [-0.1, -0.05) is 30.1 Å². The molecule has 0 aromatic heterocycles. The van der Waals surface area contributed by atoms with Crippen molar-refractivity contribution in [3.05, 3.63) is 52.0 Å². The van der Waals surface area contributed by atoms with Crippen LogP contribution in [0, 0.1) is 6.92 Å². The van der Waals surface area contributed by atoms with Crippen LogP contribution in [0.15, 0.2) is 41.3 Å². The van der Waals surface area contributed by atoms with E-state index in [1.54, 1.807) is 18.2 Å². The van der Waals surface area contributed by atoms with Crippen LogP contribution >= 0.6 is 23.2 Å². The molecular formula is C18H20Cl2N2O4S. The molecule has 0 atom stereocenters. The molecule has 2 rings (SSSR count). The van der Waals surface area contributed by atoms with Gasteiger partial charge in [0.1, 0.15) is 5.75 Å². The van der Waals surface area contributed by atoms with Crippen LogP contribution in [0.2, 0.25) is 10.0 Å². The van der Waals surface area contributed by atoms with Gasteiger partial charge in [-0.25, -0.2) is 13.1 Å². The van der Waals surface area contributed by atoms with E-state index in [-0.39, 0.29) is 28.2 Å². The van der Waals surface area contributed by atoms with Gasteiger partial charge in [0.15, 0.2) is 6.61 Å². The first-order valence-corrected chi connectivity index (χ1v) is 10.4. The van der Waals surface area contributed by atoms with Gasteiger partial charge in [0.25, 0.3) is 5.91 Å². The van der Waals surface area contributed by atoms with E-state index in [9.17, 15) is 13.2 Å². The fraction of sp³-hybridized carbons (Fsp3) is 0.278. The standard InChI is InChI=1S/C18H20Cl2N2O4S/c1-3-8-21-27(24,25)14-5-7-17(15(20)10-14)26-11-18(23)22-16-6-4-13(19)9-12(16)2/h4-7,9-10,21H,3,8,11H2,1-2H3,(H,22,23). The van der Waals surface area contributed by atoms with Crippen molar-refractivity contribution in [2.75, 3.05) is 18.5 Å². The molecular weight excluding hydrogens is 411 g/mol. The number of rotatable bonds is 8. The number of sulfonamides is 1. The second kappa shape index (κ2) is 9.41. The van der Waals surface area contributed by atoms with Crippen LogP contribution in [0.1, 0.15) is 18.9 Å². The van der Waals surface area contributed by atoms with Crippen molar-refractivity contribution in [3.8, 4) is 5.75 Å². The quantitative estimate of drug-likeness (QED) is 0.662. The molecule has 0 saturated heterocycles. The second-order valence-corrected chi connectivity index (χ2v) is 8.40. The normalized spacial score (nSPS) is 11.3. The van der Waals surface area contributed by atoms with E-state index in [1.807, 2.05) is 13.8 Å². The van der Waals surface area contributed by atoms with Gasteiger partial charge in [-0.3, -0.25) is 4.79 Å². The summed E-state index contributed by atoms with van der Waals surface area (Å²) in [5.41, 5.74) is 1.45. The van der Waals surface area contributed by atoms with Gasteiger partial charge in [-0.05, 0) is 55.3 Å². The summed E-state index contributed by atoms with van der Waals surface area (Å²) in [6.45, 7) is 3.75. The van der Waals surface area contributed by atoms with Crippen LogP contribution in [-0.2, 0) is 14.8 Å². The lowest BCUT2D eigenvalue weighted by Gasteiger charge is -2.12. The summed E-state index contributed by atoms with van der Waals surface area (Å²) in [5.74, 6) is -0.160. The second-order valence-electron chi connectivity index (χ2n) is 5.79. The first-order chi connectivity index (χ1) is 12.7. The molecule has 0 fully saturated rings. The smallest absolute Gasteiger partial charge is 0.262 e. The molecule has 0 radical (unpaired) electrons. The fourth-order valence-electron chi connectivity index (χ4n) is 2.18. The number of carbonyl (C=O) groups is 1. The molecule has 0 saturated carbocycles. The van der Waals surface area contributed by atoms with Crippen LogP contribution < -0.4 is 14.8 Å². The number of hydrogen-bond donors (Lipinski definition) is 2. The molecule has 0 aliphatic heterocycles. The van der Waals surface area contributed by atoms with E-state index in [0.29, 0.717) is 23.7 Å². The highest BCUT2D eigenvalue weighted by Gasteiger charge is 2.16. The zero-order chi connectivity index (χ0) is 20.0. The van der Waals surface area contributed by atoms with E-state index in [0.717, 1.165) is 5.56 Å². The Morgan fingerprint density at radius 2 is 1.89 bits per heavy atom. The maximum atomic E-state index is 12.1. The molecule has 1 amide bonds. The molecule has 0 aliphatic rings. The summed E-state index contributed by atoms with van der Waals surface area (Å²) in [6.07, 6.45) is 0.677. The van der Waals surface area contributed by atoms with Gasteiger partial charge in [0, 0.05) is 17.3 Å². The van der Waals surface area contributed by atoms with E-state index in [4.69, 9.17) is 27.9 Å². The Hall–Kier alpha value is -1.80. The van der Waals surface area contributed by atoms with Crippen LogP contribution in [-0.4, -0.2) is 27.5 Å². The molecule has 2 aromatic rings. The summed E-state index contributed by atoms with van der Waals surface area (Å²) in [6, 6.07) is 9.19. The van der Waals surface area contributed by atoms with E-state index >= 15 is 0 Å². The predicted octanol–water partition coefficient (Wildman–Crippen LogP) is 4.01. The Morgan fingerprint density at radius 1 is 1.15 bits per heavy atom. The molecule has 0 spiro atoms. The highest BCUT2D eigenvalue weighted by Crippen LogP contribution is 2.27. The Kier molecular flexibility index (Phi) is 7.49. The SMILES string of the molecule is CCCNS(=O)(=O)c1ccc(OCC(=O)Nc2ccc(Cl)cc2C)c(Cl)c1. The molecule has 9 heteroatoms. The summed E-state index contributed by atoms with van der Waals surface area (Å²) < 4.78 is 32.0. The third-order valence-electron chi connectivity index (χ3n) is 3.58. The van der Waals surface area contributed by atoms with Gasteiger partial charge >= 0.3 is 0 Å². The van der Waals surface area contributed by atoms with Crippen LogP contribution in [0.25, 0.3) is 0 Å². The molecule has 27 heavy (non-hydrogen) atoms. The lowest BCUT2D eigenvalue weighted by atomic mass is 10.2. The Balaban J connectivity index is 2.00. The summed E-state index contributed by atoms with van der Waals surface area (Å²) in [4.78, 5) is 12.1. The monoisotopic (exact) mass is 430 g/mol. The maximum Gasteiger partial charge on any atom is 0.262 e. The van der Waals surface area contributed by atoms with E-state index in [2.05, 4.69) is 10.0 Å².